The van der Waals surface area contributed by atoms with Crippen LogP contribution >= 0.6 is 15.9 Å². The zero-order valence-electron chi connectivity index (χ0n) is 4.32. The van der Waals surface area contributed by atoms with E-state index in [-0.39, 0.29) is 6.10 Å². The molecule has 0 aliphatic heterocycles. The predicted octanol–water partition coefficient (Wildman–Crippen LogP) is 1.67. The molecule has 0 saturated carbocycles. The van der Waals surface area contributed by atoms with Crippen molar-refractivity contribution in [2.75, 3.05) is 0 Å². The van der Waals surface area contributed by atoms with Crippen molar-refractivity contribution in [2.24, 2.45) is 0 Å². The second-order valence-electron chi connectivity index (χ2n) is 1.57. The Labute approximate surface area is 52.2 Å². The molecule has 0 aromatic rings. The van der Waals surface area contributed by atoms with E-state index in [2.05, 4.69) is 22.5 Å². The van der Waals surface area contributed by atoms with E-state index in [0.717, 1.165) is 4.48 Å². The zero-order chi connectivity index (χ0) is 5.86. The van der Waals surface area contributed by atoms with Gasteiger partial charge in [-0.25, -0.2) is 0 Å². The summed E-state index contributed by atoms with van der Waals surface area (Å²) in [5.74, 6) is 0. The van der Waals surface area contributed by atoms with E-state index in [1.165, 1.54) is 0 Å². The molecule has 1 nitrogen and oxygen atoms in total. The van der Waals surface area contributed by atoms with Gasteiger partial charge in [-0.05, 0) is 11.4 Å². The van der Waals surface area contributed by atoms with Crippen molar-refractivity contribution < 1.29 is 5.11 Å². The predicted molar refractivity (Wildman–Crippen MR) is 34.4 cm³/mol. The van der Waals surface area contributed by atoms with Crippen LogP contribution in [0, 0.1) is 0 Å². The molecule has 0 spiro atoms. The Morgan fingerprint density at radius 2 is 2.43 bits per heavy atom. The first-order valence-electron chi connectivity index (χ1n) is 2.14. The van der Waals surface area contributed by atoms with Gasteiger partial charge in [0.15, 0.2) is 0 Å². The smallest absolute Gasteiger partial charge is 0.0557 e. The molecule has 0 fully saturated rings. The fraction of sp³-hybridized carbons (Fsp3) is 0.600. The lowest BCUT2D eigenvalue weighted by Crippen LogP contribution is -1.96. The largest absolute Gasteiger partial charge is 0.393 e. The molecule has 0 aromatic carbocycles. The van der Waals surface area contributed by atoms with Crippen LogP contribution in [0.25, 0.3) is 0 Å². The van der Waals surface area contributed by atoms with Gasteiger partial charge in [-0.1, -0.05) is 22.5 Å². The van der Waals surface area contributed by atoms with Gasteiger partial charge in [0.05, 0.1) is 6.10 Å². The van der Waals surface area contributed by atoms with E-state index >= 15 is 0 Å². The van der Waals surface area contributed by atoms with Crippen LogP contribution in [0.15, 0.2) is 11.1 Å². The van der Waals surface area contributed by atoms with Crippen LogP contribution in [-0.4, -0.2) is 11.2 Å². The van der Waals surface area contributed by atoms with Crippen LogP contribution in [0.2, 0.25) is 0 Å². The van der Waals surface area contributed by atoms with Gasteiger partial charge in [0.25, 0.3) is 0 Å². The third-order valence-corrected chi connectivity index (χ3v) is 0.841. The first-order chi connectivity index (χ1) is 3.13. The molecule has 7 heavy (non-hydrogen) atoms. The van der Waals surface area contributed by atoms with Crippen molar-refractivity contribution in [3.05, 3.63) is 11.1 Å². The van der Waals surface area contributed by atoms with E-state index in [1.807, 2.05) is 0 Å². The Bertz CT molecular complexity index is 68.5. The van der Waals surface area contributed by atoms with E-state index in [4.69, 9.17) is 5.11 Å². The van der Waals surface area contributed by atoms with Gasteiger partial charge in [0, 0.05) is 6.42 Å². The van der Waals surface area contributed by atoms with Gasteiger partial charge < -0.3 is 5.11 Å². The summed E-state index contributed by atoms with van der Waals surface area (Å²) in [5, 5.41) is 8.63. The lowest BCUT2D eigenvalue weighted by Gasteiger charge is -1.97. The lowest BCUT2D eigenvalue weighted by molar-refractivity contribution is 0.198. The Morgan fingerprint density at radius 1 is 2.00 bits per heavy atom. The Kier molecular flexibility index (Phi) is 3.30. The number of halogens is 1. The Morgan fingerprint density at radius 3 is 2.43 bits per heavy atom. The van der Waals surface area contributed by atoms with E-state index < -0.39 is 0 Å². The zero-order valence-corrected chi connectivity index (χ0v) is 5.90. The second kappa shape index (κ2) is 3.22. The summed E-state index contributed by atoms with van der Waals surface area (Å²) >= 11 is 3.12. The highest BCUT2D eigenvalue weighted by molar-refractivity contribution is 9.11. The van der Waals surface area contributed by atoms with E-state index in [9.17, 15) is 0 Å². The summed E-state index contributed by atoms with van der Waals surface area (Å²) in [6.45, 7) is 5.28. The second-order valence-corrected chi connectivity index (χ2v) is 2.69. The molecule has 0 aliphatic rings. The van der Waals surface area contributed by atoms with Crippen LogP contribution in [-0.2, 0) is 0 Å². The molecule has 1 N–H and O–H groups in total. The number of aliphatic hydroxyl groups excluding tert-OH is 1. The minimum atomic E-state index is -0.271. The van der Waals surface area contributed by atoms with Gasteiger partial charge in [-0.2, -0.15) is 0 Å². The maximum absolute atomic E-state index is 8.63. The molecule has 0 radical (unpaired) electrons. The maximum atomic E-state index is 8.63. The molecule has 0 saturated heterocycles. The van der Waals surface area contributed by atoms with Gasteiger partial charge in [0.1, 0.15) is 0 Å². The molecular weight excluding hydrogens is 156 g/mol. The highest BCUT2D eigenvalue weighted by Crippen LogP contribution is 2.08. The van der Waals surface area contributed by atoms with Crippen molar-refractivity contribution in [1.29, 1.82) is 0 Å². The molecule has 1 atom stereocenters. The fourth-order valence-corrected chi connectivity index (χ4v) is 0.789. The monoisotopic (exact) mass is 164 g/mol. The Hall–Kier alpha value is 0.180. The molecule has 0 unspecified atom stereocenters. The van der Waals surface area contributed by atoms with Crippen LogP contribution in [0.4, 0.5) is 0 Å². The first-order valence-corrected chi connectivity index (χ1v) is 2.93. The number of hydrogen-bond donors (Lipinski definition) is 1. The van der Waals surface area contributed by atoms with Gasteiger partial charge >= 0.3 is 0 Å². The van der Waals surface area contributed by atoms with Gasteiger partial charge in [-0.15, -0.1) is 0 Å². The standard InChI is InChI=1S/C5H9BrO/c1-4(6)3-5(2)7/h5,7H,1,3H2,2H3/t5-/m0/s1. The minimum Gasteiger partial charge on any atom is -0.393 e. The summed E-state index contributed by atoms with van der Waals surface area (Å²) in [4.78, 5) is 0. The van der Waals surface area contributed by atoms with Crippen LogP contribution in [0.3, 0.4) is 0 Å². The third-order valence-electron chi connectivity index (χ3n) is 0.517. The normalized spacial score (nSPS) is 13.6. The van der Waals surface area contributed by atoms with E-state index in [0.29, 0.717) is 6.42 Å². The molecule has 0 aromatic heterocycles. The molecule has 0 bridgehead atoms. The van der Waals surface area contributed by atoms with Gasteiger partial charge in [-0.3, -0.25) is 0 Å². The summed E-state index contributed by atoms with van der Waals surface area (Å²) in [6, 6.07) is 0. The molecule has 0 rings (SSSR count). The quantitative estimate of drug-likeness (QED) is 0.659. The molecule has 0 heterocycles. The average molecular weight is 165 g/mol. The van der Waals surface area contributed by atoms with Crippen molar-refractivity contribution >= 4 is 15.9 Å². The molecule has 0 amide bonds. The summed E-state index contributed by atoms with van der Waals surface area (Å²) in [6.07, 6.45) is 0.367. The van der Waals surface area contributed by atoms with Crippen molar-refractivity contribution in [3.8, 4) is 0 Å². The molecule has 2 heteroatoms. The van der Waals surface area contributed by atoms with Crippen molar-refractivity contribution in [2.45, 2.75) is 19.4 Å². The first kappa shape index (κ1) is 7.18. The fourth-order valence-electron chi connectivity index (χ4n) is 0.321. The summed E-state index contributed by atoms with van der Waals surface area (Å²) in [5.41, 5.74) is 0. The summed E-state index contributed by atoms with van der Waals surface area (Å²) < 4.78 is 0.850. The molecule has 42 valence electrons. The number of hydrogen-bond acceptors (Lipinski definition) is 1. The van der Waals surface area contributed by atoms with Crippen molar-refractivity contribution in [1.82, 2.24) is 0 Å². The van der Waals surface area contributed by atoms with Crippen LogP contribution in [0.1, 0.15) is 13.3 Å². The lowest BCUT2D eigenvalue weighted by atomic mass is 10.3. The van der Waals surface area contributed by atoms with E-state index in [1.54, 1.807) is 6.92 Å². The molecular formula is C5H9BrO. The molecule has 0 aliphatic carbocycles. The van der Waals surface area contributed by atoms with Gasteiger partial charge in [0.2, 0.25) is 0 Å². The highest BCUT2D eigenvalue weighted by Gasteiger charge is 1.93. The maximum Gasteiger partial charge on any atom is 0.0557 e. The van der Waals surface area contributed by atoms with Crippen LogP contribution in [0.5, 0.6) is 0 Å². The number of rotatable bonds is 2. The average Bonchev–Trinajstić information content (AvgIpc) is 1.27. The SMILES string of the molecule is C=C(Br)C[C@H](C)O. The summed E-state index contributed by atoms with van der Waals surface area (Å²) in [7, 11) is 0. The third kappa shape index (κ3) is 6.18. The van der Waals surface area contributed by atoms with Crippen LogP contribution < -0.4 is 0 Å². The topological polar surface area (TPSA) is 20.2 Å². The minimum absolute atomic E-state index is 0.271. The van der Waals surface area contributed by atoms with Crippen molar-refractivity contribution in [3.63, 3.8) is 0 Å². The number of aliphatic hydroxyl groups is 1. The highest BCUT2D eigenvalue weighted by atomic mass is 79.9. The Balaban J connectivity index is 3.13.